The average molecular weight is 392 g/mol. The van der Waals surface area contributed by atoms with Crippen LogP contribution in [0, 0.1) is 11.8 Å². The molecule has 2 heterocycles. The molecule has 1 N–H and O–H groups in total. The molecule has 2 amide bonds. The molecule has 1 aromatic heterocycles. The third-order valence-corrected chi connectivity index (χ3v) is 5.55. The zero-order valence-electron chi connectivity index (χ0n) is 16.4. The van der Waals surface area contributed by atoms with Crippen molar-refractivity contribution in [2.45, 2.75) is 13.3 Å². The van der Waals surface area contributed by atoms with E-state index in [0.717, 1.165) is 18.9 Å². The van der Waals surface area contributed by atoms with Crippen molar-refractivity contribution in [3.63, 3.8) is 0 Å². The fourth-order valence-corrected chi connectivity index (χ4v) is 3.74. The van der Waals surface area contributed by atoms with Gasteiger partial charge in [-0.05, 0) is 37.6 Å². The standard InChI is InChI=1S/C22H24N4O3/c1-15(27)16-5-4-6-17(13-16)24-21(28)18-14-19(18)22(29)26-11-9-25(10-12-26)20-7-2-3-8-23-20/h2-8,13,18-19H,9-12,14H2,1H3,(H,24,28). The molecule has 7 nitrogen and oxygen atoms in total. The van der Waals surface area contributed by atoms with Crippen LogP contribution >= 0.6 is 0 Å². The lowest BCUT2D eigenvalue weighted by molar-refractivity contribution is -0.134. The average Bonchev–Trinajstić information content (AvgIpc) is 3.55. The highest BCUT2D eigenvalue weighted by molar-refractivity contribution is 6.01. The van der Waals surface area contributed by atoms with Crippen molar-refractivity contribution < 1.29 is 14.4 Å². The van der Waals surface area contributed by atoms with Gasteiger partial charge in [-0.3, -0.25) is 14.4 Å². The molecule has 0 radical (unpaired) electrons. The minimum Gasteiger partial charge on any atom is -0.353 e. The van der Waals surface area contributed by atoms with Crippen LogP contribution in [-0.2, 0) is 9.59 Å². The Morgan fingerprint density at radius 2 is 1.79 bits per heavy atom. The van der Waals surface area contributed by atoms with Crippen LogP contribution in [-0.4, -0.2) is 53.7 Å². The van der Waals surface area contributed by atoms with Gasteiger partial charge in [-0.1, -0.05) is 18.2 Å². The number of Topliss-reactive ketones (excluding diaryl/α,β-unsaturated/α-hetero) is 1. The summed E-state index contributed by atoms with van der Waals surface area (Å²) in [6, 6.07) is 12.7. The van der Waals surface area contributed by atoms with Gasteiger partial charge in [-0.2, -0.15) is 0 Å². The lowest BCUT2D eigenvalue weighted by Gasteiger charge is -2.35. The van der Waals surface area contributed by atoms with Gasteiger partial charge in [0.2, 0.25) is 11.8 Å². The number of pyridine rings is 1. The lowest BCUT2D eigenvalue weighted by atomic mass is 10.1. The maximum Gasteiger partial charge on any atom is 0.228 e. The van der Waals surface area contributed by atoms with Gasteiger partial charge in [-0.25, -0.2) is 4.98 Å². The Balaban J connectivity index is 1.29. The molecule has 150 valence electrons. The smallest absolute Gasteiger partial charge is 0.228 e. The monoisotopic (exact) mass is 392 g/mol. The third kappa shape index (κ3) is 4.29. The van der Waals surface area contributed by atoms with Crippen molar-refractivity contribution in [2.24, 2.45) is 11.8 Å². The number of rotatable bonds is 5. The summed E-state index contributed by atoms with van der Waals surface area (Å²) in [5.74, 6) is 0.241. The number of aromatic nitrogens is 1. The number of nitrogens with zero attached hydrogens (tertiary/aromatic N) is 3. The van der Waals surface area contributed by atoms with Gasteiger partial charge in [0, 0.05) is 43.6 Å². The number of carbonyl (C=O) groups excluding carboxylic acids is 3. The quantitative estimate of drug-likeness (QED) is 0.789. The first kappa shape index (κ1) is 19.1. The molecule has 1 saturated heterocycles. The van der Waals surface area contributed by atoms with E-state index in [1.54, 1.807) is 30.5 Å². The van der Waals surface area contributed by atoms with Crippen molar-refractivity contribution in [3.05, 3.63) is 54.2 Å². The molecule has 1 aliphatic heterocycles. The summed E-state index contributed by atoms with van der Waals surface area (Å²) >= 11 is 0. The van der Waals surface area contributed by atoms with Gasteiger partial charge in [0.25, 0.3) is 0 Å². The van der Waals surface area contributed by atoms with Crippen LogP contribution in [0.1, 0.15) is 23.7 Å². The fraction of sp³-hybridized carbons (Fsp3) is 0.364. The number of nitrogens with one attached hydrogen (secondary N) is 1. The molecule has 0 spiro atoms. The Morgan fingerprint density at radius 1 is 1.00 bits per heavy atom. The van der Waals surface area contributed by atoms with Crippen LogP contribution in [0.4, 0.5) is 11.5 Å². The Kier molecular flexibility index (Phi) is 5.29. The van der Waals surface area contributed by atoms with Gasteiger partial charge < -0.3 is 15.1 Å². The zero-order valence-corrected chi connectivity index (χ0v) is 16.4. The normalized spacial score (nSPS) is 20.9. The Bertz CT molecular complexity index is 923. The molecule has 2 aliphatic rings. The topological polar surface area (TPSA) is 82.6 Å². The second kappa shape index (κ2) is 8.03. The number of hydrogen-bond donors (Lipinski definition) is 1. The van der Waals surface area contributed by atoms with Crippen molar-refractivity contribution in [1.29, 1.82) is 0 Å². The van der Waals surface area contributed by atoms with Crippen LogP contribution in [0.15, 0.2) is 48.7 Å². The first-order chi connectivity index (χ1) is 14.0. The fourth-order valence-electron chi connectivity index (χ4n) is 3.74. The first-order valence-corrected chi connectivity index (χ1v) is 9.89. The van der Waals surface area contributed by atoms with E-state index < -0.39 is 0 Å². The van der Waals surface area contributed by atoms with E-state index in [-0.39, 0.29) is 29.4 Å². The van der Waals surface area contributed by atoms with Crippen LogP contribution in [0.2, 0.25) is 0 Å². The van der Waals surface area contributed by atoms with Gasteiger partial charge in [-0.15, -0.1) is 0 Å². The highest BCUT2D eigenvalue weighted by Gasteiger charge is 2.49. The molecule has 4 rings (SSSR count). The number of amides is 2. The van der Waals surface area contributed by atoms with Crippen molar-refractivity contribution >= 4 is 29.1 Å². The molecule has 7 heteroatoms. The van der Waals surface area contributed by atoms with Gasteiger partial charge in [0.1, 0.15) is 5.82 Å². The predicted octanol–water partition coefficient (Wildman–Crippen LogP) is 2.21. The van der Waals surface area contributed by atoms with E-state index in [9.17, 15) is 14.4 Å². The van der Waals surface area contributed by atoms with E-state index in [1.165, 1.54) is 6.92 Å². The Labute approximate surface area is 169 Å². The number of carbonyl (C=O) groups is 3. The minimum absolute atomic E-state index is 0.0505. The third-order valence-electron chi connectivity index (χ3n) is 5.55. The van der Waals surface area contributed by atoms with Crippen molar-refractivity contribution in [3.8, 4) is 0 Å². The second-order valence-corrected chi connectivity index (χ2v) is 7.58. The van der Waals surface area contributed by atoms with Crippen LogP contribution in [0.3, 0.4) is 0 Å². The Hall–Kier alpha value is -3.22. The van der Waals surface area contributed by atoms with E-state index in [0.29, 0.717) is 30.8 Å². The number of hydrogen-bond acceptors (Lipinski definition) is 5. The lowest BCUT2D eigenvalue weighted by Crippen LogP contribution is -2.49. The molecule has 1 saturated carbocycles. The molecule has 2 aromatic rings. The summed E-state index contributed by atoms with van der Waals surface area (Å²) < 4.78 is 0. The number of anilines is 2. The van der Waals surface area contributed by atoms with E-state index in [2.05, 4.69) is 15.2 Å². The SMILES string of the molecule is CC(=O)c1cccc(NC(=O)C2CC2C(=O)N2CCN(c3ccccn3)CC2)c1. The summed E-state index contributed by atoms with van der Waals surface area (Å²) in [4.78, 5) is 45.2. The molecule has 29 heavy (non-hydrogen) atoms. The summed E-state index contributed by atoms with van der Waals surface area (Å²) in [5, 5.41) is 2.84. The molecular formula is C22H24N4O3. The number of ketones is 1. The van der Waals surface area contributed by atoms with Crippen molar-refractivity contribution in [2.75, 3.05) is 36.4 Å². The summed E-state index contributed by atoms with van der Waals surface area (Å²) in [6.07, 6.45) is 2.35. The van der Waals surface area contributed by atoms with Crippen LogP contribution < -0.4 is 10.2 Å². The zero-order chi connectivity index (χ0) is 20.4. The minimum atomic E-state index is -0.294. The van der Waals surface area contributed by atoms with E-state index in [4.69, 9.17) is 0 Å². The summed E-state index contributed by atoms with van der Waals surface area (Å²) in [7, 11) is 0. The molecule has 2 unspecified atom stereocenters. The maximum atomic E-state index is 12.8. The summed E-state index contributed by atoms with van der Waals surface area (Å²) in [6.45, 7) is 4.25. The second-order valence-electron chi connectivity index (χ2n) is 7.58. The van der Waals surface area contributed by atoms with Gasteiger partial charge >= 0.3 is 0 Å². The first-order valence-electron chi connectivity index (χ1n) is 9.89. The van der Waals surface area contributed by atoms with Crippen LogP contribution in [0.25, 0.3) is 0 Å². The molecule has 2 fully saturated rings. The molecular weight excluding hydrogens is 368 g/mol. The van der Waals surface area contributed by atoms with E-state index in [1.807, 2.05) is 23.1 Å². The van der Waals surface area contributed by atoms with Gasteiger partial charge in [0.05, 0.1) is 11.8 Å². The van der Waals surface area contributed by atoms with Crippen molar-refractivity contribution in [1.82, 2.24) is 9.88 Å². The predicted molar refractivity (Wildman–Crippen MR) is 110 cm³/mol. The van der Waals surface area contributed by atoms with Crippen LogP contribution in [0.5, 0.6) is 0 Å². The molecule has 0 bridgehead atoms. The largest absolute Gasteiger partial charge is 0.353 e. The molecule has 1 aliphatic carbocycles. The molecule has 2 atom stereocenters. The molecule has 1 aromatic carbocycles. The highest BCUT2D eigenvalue weighted by Crippen LogP contribution is 2.41. The van der Waals surface area contributed by atoms with Gasteiger partial charge in [0.15, 0.2) is 5.78 Å². The summed E-state index contributed by atoms with van der Waals surface area (Å²) in [5.41, 5.74) is 1.14. The Morgan fingerprint density at radius 3 is 2.48 bits per heavy atom. The number of piperazine rings is 1. The van der Waals surface area contributed by atoms with E-state index >= 15 is 0 Å². The number of benzene rings is 1. The maximum absolute atomic E-state index is 12.8. The highest BCUT2D eigenvalue weighted by atomic mass is 16.2.